The van der Waals surface area contributed by atoms with Gasteiger partial charge in [0.1, 0.15) is 18.9 Å². The van der Waals surface area contributed by atoms with Crippen LogP contribution < -0.4 is 10.1 Å². The van der Waals surface area contributed by atoms with Gasteiger partial charge < -0.3 is 24.1 Å². The summed E-state index contributed by atoms with van der Waals surface area (Å²) in [6, 6.07) is 7.01. The molecule has 26 heavy (non-hydrogen) atoms. The van der Waals surface area contributed by atoms with Crippen molar-refractivity contribution in [1.82, 2.24) is 15.1 Å². The number of aryl methyl sites for hydroxylation is 1. The van der Waals surface area contributed by atoms with Crippen LogP contribution in [0.25, 0.3) is 0 Å². The first kappa shape index (κ1) is 18.2. The van der Waals surface area contributed by atoms with E-state index in [2.05, 4.69) is 15.5 Å². The van der Waals surface area contributed by atoms with E-state index in [0.29, 0.717) is 30.5 Å². The maximum atomic E-state index is 12.3. The summed E-state index contributed by atoms with van der Waals surface area (Å²) in [5.74, 6) is 1.73. The molecule has 1 unspecified atom stereocenters. The number of rotatable bonds is 7. The zero-order chi connectivity index (χ0) is 18.4. The molecule has 0 saturated carbocycles. The van der Waals surface area contributed by atoms with Crippen LogP contribution in [0.4, 0.5) is 10.5 Å². The van der Waals surface area contributed by atoms with Crippen LogP contribution in [0.3, 0.4) is 0 Å². The van der Waals surface area contributed by atoms with Gasteiger partial charge in [-0.1, -0.05) is 6.92 Å². The minimum Gasteiger partial charge on any atom is -0.491 e. The highest BCUT2D eigenvalue weighted by molar-refractivity contribution is 5.89. The van der Waals surface area contributed by atoms with E-state index in [4.69, 9.17) is 13.9 Å². The first-order valence-corrected chi connectivity index (χ1v) is 8.82. The number of hydrogen-bond acceptors (Lipinski definition) is 6. The summed E-state index contributed by atoms with van der Waals surface area (Å²) in [5.41, 5.74) is 0.686. The number of nitrogens with one attached hydrogen (secondary N) is 1. The Morgan fingerprint density at radius 2 is 2.08 bits per heavy atom. The minimum atomic E-state index is -0.255. The fraction of sp³-hybridized carbons (Fsp3) is 0.500. The fourth-order valence-electron chi connectivity index (χ4n) is 2.59. The Morgan fingerprint density at radius 3 is 2.73 bits per heavy atom. The van der Waals surface area contributed by atoms with E-state index in [1.807, 2.05) is 19.1 Å². The SMILES string of the molecule is CCc1nnc(CN(C)C(=O)Nc2ccc(OCC3CCCO3)cc2)o1. The van der Waals surface area contributed by atoms with Crippen molar-refractivity contribution in [3.63, 3.8) is 0 Å². The number of aromatic nitrogens is 2. The number of ether oxygens (including phenoxy) is 2. The highest BCUT2D eigenvalue weighted by Gasteiger charge is 2.16. The third-order valence-electron chi connectivity index (χ3n) is 4.10. The van der Waals surface area contributed by atoms with Crippen LogP contribution in [0.15, 0.2) is 28.7 Å². The normalized spacial score (nSPS) is 16.5. The number of nitrogens with zero attached hydrogens (tertiary/aromatic N) is 3. The predicted molar refractivity (Wildman–Crippen MR) is 95.1 cm³/mol. The van der Waals surface area contributed by atoms with E-state index in [0.717, 1.165) is 25.2 Å². The van der Waals surface area contributed by atoms with Crippen molar-refractivity contribution < 1.29 is 18.7 Å². The van der Waals surface area contributed by atoms with Gasteiger partial charge in [0.15, 0.2) is 0 Å². The molecule has 0 aliphatic carbocycles. The first-order valence-electron chi connectivity index (χ1n) is 8.82. The third-order valence-corrected chi connectivity index (χ3v) is 4.10. The standard InChI is InChI=1S/C18H24N4O4/c1-3-16-20-21-17(26-16)11-22(2)18(23)19-13-6-8-14(9-7-13)25-12-15-5-4-10-24-15/h6-9,15H,3-5,10-12H2,1-2H3,(H,19,23). The molecule has 140 valence electrons. The molecule has 8 nitrogen and oxygen atoms in total. The van der Waals surface area contributed by atoms with Crippen LogP contribution in [0.1, 0.15) is 31.5 Å². The maximum Gasteiger partial charge on any atom is 0.322 e. The van der Waals surface area contributed by atoms with E-state index in [9.17, 15) is 4.79 Å². The molecule has 1 aromatic carbocycles. The van der Waals surface area contributed by atoms with Gasteiger partial charge in [0, 0.05) is 25.8 Å². The van der Waals surface area contributed by atoms with Gasteiger partial charge in [0.25, 0.3) is 0 Å². The van der Waals surface area contributed by atoms with Crippen molar-refractivity contribution in [2.75, 3.05) is 25.6 Å². The lowest BCUT2D eigenvalue weighted by molar-refractivity contribution is 0.0679. The molecule has 2 amide bonds. The summed E-state index contributed by atoms with van der Waals surface area (Å²) in [5, 5.41) is 10.6. The van der Waals surface area contributed by atoms with Gasteiger partial charge in [0.2, 0.25) is 11.8 Å². The first-order chi connectivity index (χ1) is 12.6. The van der Waals surface area contributed by atoms with Crippen LogP contribution in [0, 0.1) is 0 Å². The van der Waals surface area contributed by atoms with Gasteiger partial charge >= 0.3 is 6.03 Å². The van der Waals surface area contributed by atoms with Crippen molar-refractivity contribution in [2.24, 2.45) is 0 Å². The lowest BCUT2D eigenvalue weighted by Crippen LogP contribution is -2.30. The van der Waals surface area contributed by atoms with Crippen LogP contribution in [-0.2, 0) is 17.7 Å². The number of carbonyl (C=O) groups is 1. The largest absolute Gasteiger partial charge is 0.491 e. The number of carbonyl (C=O) groups excluding carboxylic acids is 1. The van der Waals surface area contributed by atoms with Gasteiger partial charge in [0.05, 0.1) is 6.10 Å². The molecule has 1 aliphatic heterocycles. The van der Waals surface area contributed by atoms with Crippen molar-refractivity contribution >= 4 is 11.7 Å². The zero-order valence-electron chi connectivity index (χ0n) is 15.1. The Bertz CT molecular complexity index is 710. The number of amides is 2. The molecule has 0 bridgehead atoms. The van der Waals surface area contributed by atoms with Gasteiger partial charge in [-0.15, -0.1) is 10.2 Å². The molecular weight excluding hydrogens is 336 g/mol. The molecule has 0 spiro atoms. The molecule has 1 aromatic heterocycles. The molecule has 8 heteroatoms. The molecule has 2 heterocycles. The molecule has 1 aliphatic rings. The van der Waals surface area contributed by atoms with Gasteiger partial charge in [-0.25, -0.2) is 4.79 Å². The summed E-state index contributed by atoms with van der Waals surface area (Å²) in [4.78, 5) is 13.7. The second kappa shape index (κ2) is 8.66. The summed E-state index contributed by atoms with van der Waals surface area (Å²) in [7, 11) is 1.67. The summed E-state index contributed by atoms with van der Waals surface area (Å²) >= 11 is 0. The smallest absolute Gasteiger partial charge is 0.322 e. The number of anilines is 1. The van der Waals surface area contributed by atoms with Gasteiger partial charge in [-0.3, -0.25) is 0 Å². The Hall–Kier alpha value is -2.61. The monoisotopic (exact) mass is 360 g/mol. The van der Waals surface area contributed by atoms with Crippen molar-refractivity contribution in [3.8, 4) is 5.75 Å². The van der Waals surface area contributed by atoms with Crippen molar-refractivity contribution in [2.45, 2.75) is 38.8 Å². The summed E-state index contributed by atoms with van der Waals surface area (Å²) in [6.45, 7) is 3.55. The molecule has 1 atom stereocenters. The lowest BCUT2D eigenvalue weighted by Gasteiger charge is -2.16. The lowest BCUT2D eigenvalue weighted by atomic mass is 10.2. The predicted octanol–water partition coefficient (Wildman–Crippen LogP) is 2.85. The van der Waals surface area contributed by atoms with E-state index >= 15 is 0 Å². The van der Waals surface area contributed by atoms with Crippen LogP contribution in [-0.4, -0.2) is 47.5 Å². The van der Waals surface area contributed by atoms with E-state index in [1.54, 1.807) is 19.2 Å². The molecule has 3 rings (SSSR count). The molecule has 1 N–H and O–H groups in total. The Morgan fingerprint density at radius 1 is 1.31 bits per heavy atom. The van der Waals surface area contributed by atoms with Gasteiger partial charge in [-0.2, -0.15) is 0 Å². The second-order valence-corrected chi connectivity index (χ2v) is 6.20. The molecule has 1 saturated heterocycles. The third kappa shape index (κ3) is 4.95. The van der Waals surface area contributed by atoms with Crippen molar-refractivity contribution in [1.29, 1.82) is 0 Å². The number of urea groups is 1. The van der Waals surface area contributed by atoms with E-state index < -0.39 is 0 Å². The molecule has 0 radical (unpaired) electrons. The number of benzene rings is 1. The van der Waals surface area contributed by atoms with E-state index in [-0.39, 0.29) is 18.7 Å². The van der Waals surface area contributed by atoms with Gasteiger partial charge in [-0.05, 0) is 37.1 Å². The average Bonchev–Trinajstić information content (AvgIpc) is 3.32. The number of hydrogen-bond donors (Lipinski definition) is 1. The fourth-order valence-corrected chi connectivity index (χ4v) is 2.59. The highest BCUT2D eigenvalue weighted by Crippen LogP contribution is 2.19. The highest BCUT2D eigenvalue weighted by atomic mass is 16.5. The quantitative estimate of drug-likeness (QED) is 0.817. The van der Waals surface area contributed by atoms with Crippen LogP contribution in [0.5, 0.6) is 5.75 Å². The molecule has 1 fully saturated rings. The Balaban J connectivity index is 1.46. The van der Waals surface area contributed by atoms with Crippen LogP contribution >= 0.6 is 0 Å². The minimum absolute atomic E-state index is 0.181. The van der Waals surface area contributed by atoms with Crippen molar-refractivity contribution in [3.05, 3.63) is 36.0 Å². The maximum absolute atomic E-state index is 12.3. The van der Waals surface area contributed by atoms with Crippen LogP contribution in [0.2, 0.25) is 0 Å². The summed E-state index contributed by atoms with van der Waals surface area (Å²) < 4.78 is 16.7. The zero-order valence-corrected chi connectivity index (χ0v) is 15.1. The second-order valence-electron chi connectivity index (χ2n) is 6.20. The Kier molecular flexibility index (Phi) is 6.06. The topological polar surface area (TPSA) is 89.7 Å². The average molecular weight is 360 g/mol. The molecular formula is C18H24N4O4. The van der Waals surface area contributed by atoms with E-state index in [1.165, 1.54) is 4.90 Å². The Labute approximate surface area is 152 Å². The summed E-state index contributed by atoms with van der Waals surface area (Å²) in [6.07, 6.45) is 2.99. The molecule has 2 aromatic rings.